The van der Waals surface area contributed by atoms with Crippen LogP contribution in [-0.4, -0.2) is 58.0 Å². The van der Waals surface area contributed by atoms with Crippen LogP contribution < -0.4 is 21.4 Å². The third kappa shape index (κ3) is 5.51. The van der Waals surface area contributed by atoms with Crippen molar-refractivity contribution < 1.29 is 14.4 Å². The summed E-state index contributed by atoms with van der Waals surface area (Å²) in [5.41, 5.74) is 10.7. The van der Waals surface area contributed by atoms with E-state index in [1.54, 1.807) is 6.92 Å². The number of benzene rings is 1. The molecule has 1 saturated heterocycles. The van der Waals surface area contributed by atoms with Gasteiger partial charge in [0.05, 0.1) is 32.1 Å². The van der Waals surface area contributed by atoms with E-state index >= 15 is 0 Å². The van der Waals surface area contributed by atoms with Gasteiger partial charge < -0.3 is 20.7 Å². The smallest absolute Gasteiger partial charge is 0.260 e. The first-order valence-electron chi connectivity index (χ1n) is 8.38. The third-order valence-electron chi connectivity index (χ3n) is 4.02. The summed E-state index contributed by atoms with van der Waals surface area (Å²) >= 11 is 0. The first-order valence-corrected chi connectivity index (χ1v) is 8.38. The number of guanidine groups is 1. The van der Waals surface area contributed by atoms with Gasteiger partial charge in [0, 0.05) is 25.3 Å². The zero-order valence-corrected chi connectivity index (χ0v) is 15.2. The Morgan fingerprint density at radius 1 is 1.46 bits per heavy atom. The summed E-state index contributed by atoms with van der Waals surface area (Å²) in [5, 5.41) is 3.19. The SMILES string of the molecule is C=NC(N)=Nc1ccc(N2CCOCC2)c(CN[C@H](C)C(=O)NOC)c1. The van der Waals surface area contributed by atoms with Crippen LogP contribution in [0.1, 0.15) is 12.5 Å². The fourth-order valence-corrected chi connectivity index (χ4v) is 2.61. The summed E-state index contributed by atoms with van der Waals surface area (Å²) < 4.78 is 5.43. The van der Waals surface area contributed by atoms with Gasteiger partial charge in [-0.05, 0) is 37.4 Å². The normalized spacial score (nSPS) is 16.2. The van der Waals surface area contributed by atoms with Crippen LogP contribution in [-0.2, 0) is 20.9 Å². The topological polar surface area (TPSA) is 114 Å². The van der Waals surface area contributed by atoms with E-state index in [4.69, 9.17) is 10.5 Å². The molecule has 1 heterocycles. The molecule has 0 aromatic heterocycles. The fourth-order valence-electron chi connectivity index (χ4n) is 2.61. The molecular formula is C17H26N6O3. The molecule has 1 aliphatic heterocycles. The van der Waals surface area contributed by atoms with Crippen molar-refractivity contribution in [3.05, 3.63) is 23.8 Å². The average molecular weight is 362 g/mol. The molecule has 4 N–H and O–H groups in total. The van der Waals surface area contributed by atoms with Crippen molar-refractivity contribution in [1.29, 1.82) is 0 Å². The maximum atomic E-state index is 11.8. The van der Waals surface area contributed by atoms with E-state index in [0.717, 1.165) is 24.3 Å². The van der Waals surface area contributed by atoms with E-state index in [-0.39, 0.29) is 11.9 Å². The zero-order chi connectivity index (χ0) is 18.9. The molecule has 0 saturated carbocycles. The lowest BCUT2D eigenvalue weighted by molar-refractivity contribution is -0.133. The molecule has 2 rings (SSSR count). The van der Waals surface area contributed by atoms with Gasteiger partial charge in [-0.2, -0.15) is 0 Å². The van der Waals surface area contributed by atoms with Gasteiger partial charge in [-0.3, -0.25) is 9.63 Å². The fraction of sp³-hybridized carbons (Fsp3) is 0.471. The first kappa shape index (κ1) is 19.8. The van der Waals surface area contributed by atoms with Gasteiger partial charge >= 0.3 is 0 Å². The predicted octanol–water partition coefficient (Wildman–Crippen LogP) is 0.326. The number of rotatable bonds is 7. The Hall–Kier alpha value is -2.49. The number of nitrogens with zero attached hydrogens (tertiary/aromatic N) is 3. The molecule has 142 valence electrons. The molecule has 0 aliphatic carbocycles. The minimum atomic E-state index is -0.417. The van der Waals surface area contributed by atoms with E-state index in [1.807, 2.05) is 18.2 Å². The lowest BCUT2D eigenvalue weighted by Crippen LogP contribution is -2.42. The van der Waals surface area contributed by atoms with Gasteiger partial charge in [0.25, 0.3) is 5.91 Å². The summed E-state index contributed by atoms with van der Waals surface area (Å²) in [6.45, 7) is 8.62. The van der Waals surface area contributed by atoms with Crippen LogP contribution >= 0.6 is 0 Å². The summed E-state index contributed by atoms with van der Waals surface area (Å²) in [7, 11) is 1.40. The number of aliphatic imine (C=N–C) groups is 2. The van der Waals surface area contributed by atoms with Gasteiger partial charge in [0.1, 0.15) is 0 Å². The molecule has 1 aliphatic rings. The minimum Gasteiger partial charge on any atom is -0.378 e. The molecule has 1 atom stereocenters. The number of hydroxylamine groups is 1. The van der Waals surface area contributed by atoms with Crippen molar-refractivity contribution >= 4 is 30.0 Å². The molecule has 1 amide bonds. The maximum absolute atomic E-state index is 11.8. The number of hydrogen-bond acceptors (Lipinski definition) is 6. The predicted molar refractivity (Wildman–Crippen MR) is 102 cm³/mol. The number of morpholine rings is 1. The highest BCUT2D eigenvalue weighted by atomic mass is 16.6. The lowest BCUT2D eigenvalue weighted by atomic mass is 10.1. The number of carbonyl (C=O) groups excluding carboxylic acids is 1. The van der Waals surface area contributed by atoms with Gasteiger partial charge in [0.15, 0.2) is 0 Å². The van der Waals surface area contributed by atoms with Gasteiger partial charge in [-0.1, -0.05) is 0 Å². The van der Waals surface area contributed by atoms with Crippen molar-refractivity contribution in [2.24, 2.45) is 15.7 Å². The molecule has 1 fully saturated rings. The van der Waals surface area contributed by atoms with E-state index in [0.29, 0.717) is 25.4 Å². The second-order valence-electron chi connectivity index (χ2n) is 5.81. The van der Waals surface area contributed by atoms with Crippen molar-refractivity contribution in [1.82, 2.24) is 10.8 Å². The number of nitrogens with two attached hydrogens (primary N) is 1. The second-order valence-corrected chi connectivity index (χ2v) is 5.81. The Kier molecular flexibility index (Phi) is 7.52. The van der Waals surface area contributed by atoms with Gasteiger partial charge in [-0.25, -0.2) is 15.5 Å². The van der Waals surface area contributed by atoms with Crippen molar-refractivity contribution in [3.63, 3.8) is 0 Å². The molecule has 9 heteroatoms. The Balaban J connectivity index is 2.21. The van der Waals surface area contributed by atoms with E-state index in [2.05, 4.69) is 37.2 Å². The molecule has 26 heavy (non-hydrogen) atoms. The van der Waals surface area contributed by atoms with Crippen LogP contribution in [0.3, 0.4) is 0 Å². The zero-order valence-electron chi connectivity index (χ0n) is 15.2. The molecule has 1 aromatic rings. The van der Waals surface area contributed by atoms with Crippen LogP contribution in [0.5, 0.6) is 0 Å². The van der Waals surface area contributed by atoms with Crippen molar-refractivity contribution in [2.45, 2.75) is 19.5 Å². The Morgan fingerprint density at radius 2 is 2.19 bits per heavy atom. The Morgan fingerprint density at radius 3 is 2.85 bits per heavy atom. The van der Waals surface area contributed by atoms with Crippen LogP contribution in [0.25, 0.3) is 0 Å². The molecular weight excluding hydrogens is 336 g/mol. The highest BCUT2D eigenvalue weighted by molar-refractivity contribution is 5.85. The van der Waals surface area contributed by atoms with Crippen LogP contribution in [0.15, 0.2) is 28.2 Å². The highest BCUT2D eigenvalue weighted by Gasteiger charge is 2.17. The molecule has 0 radical (unpaired) electrons. The third-order valence-corrected chi connectivity index (χ3v) is 4.02. The van der Waals surface area contributed by atoms with E-state index < -0.39 is 6.04 Å². The minimum absolute atomic E-state index is 0.107. The lowest BCUT2D eigenvalue weighted by Gasteiger charge is -2.31. The first-order chi connectivity index (χ1) is 12.5. The number of amides is 1. The number of carbonyl (C=O) groups is 1. The van der Waals surface area contributed by atoms with E-state index in [9.17, 15) is 4.79 Å². The Labute approximate surface area is 153 Å². The second kappa shape index (κ2) is 9.85. The van der Waals surface area contributed by atoms with Crippen LogP contribution in [0.2, 0.25) is 0 Å². The largest absolute Gasteiger partial charge is 0.378 e. The highest BCUT2D eigenvalue weighted by Crippen LogP contribution is 2.27. The average Bonchev–Trinajstić information content (AvgIpc) is 2.67. The summed E-state index contributed by atoms with van der Waals surface area (Å²) in [6.07, 6.45) is 0. The number of ether oxygens (including phenoxy) is 1. The molecule has 0 spiro atoms. The summed E-state index contributed by atoms with van der Waals surface area (Å²) in [6, 6.07) is 5.39. The van der Waals surface area contributed by atoms with Crippen molar-refractivity contribution in [2.75, 3.05) is 38.3 Å². The van der Waals surface area contributed by atoms with Crippen molar-refractivity contribution in [3.8, 4) is 0 Å². The van der Waals surface area contributed by atoms with Crippen LogP contribution in [0, 0.1) is 0 Å². The standard InChI is InChI=1S/C17H26N6O3/c1-12(16(24)22-25-3)20-11-13-10-14(21-17(18)19-2)4-5-15(13)23-6-8-26-9-7-23/h4-5,10,12,20H,2,6-9,11H2,1,3H3,(H2,18,21)(H,22,24)/t12-/m1/s1. The van der Waals surface area contributed by atoms with Gasteiger partial charge in [0.2, 0.25) is 5.96 Å². The Bertz CT molecular complexity index is 658. The molecule has 0 unspecified atom stereocenters. The molecule has 9 nitrogen and oxygen atoms in total. The summed E-state index contributed by atoms with van der Waals surface area (Å²) in [5.74, 6) is -0.134. The number of anilines is 1. The maximum Gasteiger partial charge on any atom is 0.260 e. The monoisotopic (exact) mass is 362 g/mol. The molecule has 1 aromatic carbocycles. The van der Waals surface area contributed by atoms with E-state index in [1.165, 1.54) is 7.11 Å². The number of nitrogens with one attached hydrogen (secondary N) is 2. The van der Waals surface area contributed by atoms with Crippen LogP contribution in [0.4, 0.5) is 11.4 Å². The summed E-state index contributed by atoms with van der Waals surface area (Å²) in [4.78, 5) is 26.6. The molecule has 0 bridgehead atoms. The van der Waals surface area contributed by atoms with Gasteiger partial charge in [-0.15, -0.1) is 0 Å². The quantitative estimate of drug-likeness (QED) is 0.366. The number of hydrogen-bond donors (Lipinski definition) is 3.